The molecule has 4 N–H and O–H groups in total. The SMILES string of the molecule is NC(=NO)c1ccc(SCCCO)c(Cl)c1. The van der Waals surface area contributed by atoms with Gasteiger partial charge < -0.3 is 16.0 Å². The van der Waals surface area contributed by atoms with Gasteiger partial charge >= 0.3 is 0 Å². The van der Waals surface area contributed by atoms with Gasteiger partial charge in [0.2, 0.25) is 0 Å². The van der Waals surface area contributed by atoms with Crippen molar-refractivity contribution in [3.8, 4) is 0 Å². The first-order valence-electron chi connectivity index (χ1n) is 4.70. The number of benzene rings is 1. The van der Waals surface area contributed by atoms with Gasteiger partial charge in [-0.1, -0.05) is 16.8 Å². The minimum atomic E-state index is 0.0359. The molecule has 0 bridgehead atoms. The maximum atomic E-state index is 8.66. The second-order valence-electron chi connectivity index (χ2n) is 3.06. The van der Waals surface area contributed by atoms with E-state index in [9.17, 15) is 0 Å². The van der Waals surface area contributed by atoms with Crippen LogP contribution in [0.4, 0.5) is 0 Å². The topological polar surface area (TPSA) is 78.8 Å². The lowest BCUT2D eigenvalue weighted by Crippen LogP contribution is -2.12. The molecule has 1 aromatic rings. The molecule has 0 radical (unpaired) electrons. The maximum Gasteiger partial charge on any atom is 0.170 e. The monoisotopic (exact) mass is 260 g/mol. The fourth-order valence-corrected chi connectivity index (χ4v) is 2.28. The van der Waals surface area contributed by atoms with E-state index in [4.69, 9.17) is 27.6 Å². The Morgan fingerprint density at radius 3 is 2.81 bits per heavy atom. The first kappa shape index (κ1) is 13.2. The number of aliphatic hydroxyl groups excluding tert-OH is 1. The minimum absolute atomic E-state index is 0.0359. The smallest absolute Gasteiger partial charge is 0.170 e. The molecule has 4 nitrogen and oxygen atoms in total. The molecule has 88 valence electrons. The van der Waals surface area contributed by atoms with Crippen molar-refractivity contribution >= 4 is 29.2 Å². The highest BCUT2D eigenvalue weighted by molar-refractivity contribution is 7.99. The normalized spacial score (nSPS) is 11.8. The van der Waals surface area contributed by atoms with Gasteiger partial charge in [0.15, 0.2) is 5.84 Å². The van der Waals surface area contributed by atoms with E-state index in [0.29, 0.717) is 10.6 Å². The Kier molecular flexibility index (Phi) is 5.45. The summed E-state index contributed by atoms with van der Waals surface area (Å²) in [6.45, 7) is 0.173. The molecular formula is C10H13ClN2O2S. The van der Waals surface area contributed by atoms with Gasteiger partial charge in [-0.3, -0.25) is 0 Å². The number of nitrogens with zero attached hydrogens (tertiary/aromatic N) is 1. The third-order valence-electron chi connectivity index (χ3n) is 1.90. The van der Waals surface area contributed by atoms with Crippen LogP contribution in [0.2, 0.25) is 5.02 Å². The van der Waals surface area contributed by atoms with E-state index in [0.717, 1.165) is 17.1 Å². The standard InChI is InChI=1S/C10H13ClN2O2S/c11-8-6-7(10(12)13-15)2-3-9(8)16-5-1-4-14/h2-3,6,14-15H,1,4-5H2,(H2,12,13). The predicted molar refractivity (Wildman–Crippen MR) is 66.4 cm³/mol. The molecule has 0 heterocycles. The molecule has 0 amide bonds. The summed E-state index contributed by atoms with van der Waals surface area (Å²) in [6.07, 6.45) is 0.725. The van der Waals surface area contributed by atoms with Crippen LogP contribution >= 0.6 is 23.4 Å². The van der Waals surface area contributed by atoms with Crippen LogP contribution in [0, 0.1) is 0 Å². The average Bonchev–Trinajstić information content (AvgIpc) is 2.30. The Balaban J connectivity index is 2.75. The van der Waals surface area contributed by atoms with E-state index in [2.05, 4.69) is 5.16 Å². The second-order valence-corrected chi connectivity index (χ2v) is 4.60. The van der Waals surface area contributed by atoms with Crippen molar-refractivity contribution in [1.82, 2.24) is 0 Å². The quantitative estimate of drug-likeness (QED) is 0.189. The summed E-state index contributed by atoms with van der Waals surface area (Å²) >= 11 is 7.60. The van der Waals surface area contributed by atoms with E-state index in [1.165, 1.54) is 0 Å². The van der Waals surface area contributed by atoms with E-state index >= 15 is 0 Å². The van der Waals surface area contributed by atoms with Crippen molar-refractivity contribution in [2.24, 2.45) is 10.9 Å². The predicted octanol–water partition coefficient (Wildman–Crippen LogP) is 1.91. The third-order valence-corrected chi connectivity index (χ3v) is 3.48. The molecular weight excluding hydrogens is 248 g/mol. The van der Waals surface area contributed by atoms with Crippen LogP contribution in [-0.2, 0) is 0 Å². The molecule has 6 heteroatoms. The van der Waals surface area contributed by atoms with Crippen LogP contribution in [0.1, 0.15) is 12.0 Å². The van der Waals surface area contributed by atoms with Gasteiger partial charge in [-0.2, -0.15) is 0 Å². The van der Waals surface area contributed by atoms with Crippen LogP contribution < -0.4 is 5.73 Å². The summed E-state index contributed by atoms with van der Waals surface area (Å²) in [5.41, 5.74) is 6.02. The molecule has 0 spiro atoms. The lowest BCUT2D eigenvalue weighted by molar-refractivity contribution is 0.296. The zero-order valence-electron chi connectivity index (χ0n) is 8.56. The summed E-state index contributed by atoms with van der Waals surface area (Å²) in [4.78, 5) is 0.921. The molecule has 1 rings (SSSR count). The first-order chi connectivity index (χ1) is 7.69. The van der Waals surface area contributed by atoms with Crippen LogP contribution in [0.3, 0.4) is 0 Å². The van der Waals surface area contributed by atoms with E-state index in [1.54, 1.807) is 23.9 Å². The number of aliphatic hydroxyl groups is 1. The van der Waals surface area contributed by atoms with Gasteiger partial charge in [0, 0.05) is 22.8 Å². The zero-order valence-corrected chi connectivity index (χ0v) is 10.1. The van der Waals surface area contributed by atoms with E-state index < -0.39 is 0 Å². The Morgan fingerprint density at radius 1 is 1.50 bits per heavy atom. The summed E-state index contributed by atoms with van der Waals surface area (Å²) in [5.74, 6) is 0.841. The summed E-state index contributed by atoms with van der Waals surface area (Å²) < 4.78 is 0. The van der Waals surface area contributed by atoms with E-state index in [1.807, 2.05) is 6.07 Å². The van der Waals surface area contributed by atoms with Gasteiger partial charge in [0.25, 0.3) is 0 Å². The van der Waals surface area contributed by atoms with Crippen LogP contribution in [0.5, 0.6) is 0 Å². The van der Waals surface area contributed by atoms with Gasteiger partial charge in [-0.05, 0) is 24.6 Å². The lowest BCUT2D eigenvalue weighted by atomic mass is 10.2. The molecule has 0 aromatic heterocycles. The minimum Gasteiger partial charge on any atom is -0.409 e. The molecule has 16 heavy (non-hydrogen) atoms. The Bertz CT molecular complexity index is 385. The number of nitrogens with two attached hydrogens (primary N) is 1. The molecule has 0 aliphatic carbocycles. The number of oxime groups is 1. The van der Waals surface area contributed by atoms with Crippen LogP contribution in [0.25, 0.3) is 0 Å². The van der Waals surface area contributed by atoms with Crippen molar-refractivity contribution in [1.29, 1.82) is 0 Å². The molecule has 0 aliphatic heterocycles. The molecule has 1 aromatic carbocycles. The Hall–Kier alpha value is -0.910. The highest BCUT2D eigenvalue weighted by atomic mass is 35.5. The Morgan fingerprint density at radius 2 is 2.25 bits per heavy atom. The molecule has 0 fully saturated rings. The second kappa shape index (κ2) is 6.62. The number of hydrogen-bond acceptors (Lipinski definition) is 4. The van der Waals surface area contributed by atoms with Crippen LogP contribution in [-0.4, -0.2) is 28.5 Å². The van der Waals surface area contributed by atoms with E-state index in [-0.39, 0.29) is 12.4 Å². The average molecular weight is 261 g/mol. The van der Waals surface area contributed by atoms with Gasteiger partial charge in [0.05, 0.1) is 5.02 Å². The summed E-state index contributed by atoms with van der Waals surface area (Å²) in [5, 5.41) is 20.6. The molecule has 0 saturated carbocycles. The van der Waals surface area contributed by atoms with Crippen molar-refractivity contribution in [2.45, 2.75) is 11.3 Å². The number of hydrogen-bond donors (Lipinski definition) is 3. The Labute approximate surface area is 103 Å². The number of halogens is 1. The van der Waals surface area contributed by atoms with Crippen molar-refractivity contribution in [3.05, 3.63) is 28.8 Å². The fourth-order valence-electron chi connectivity index (χ4n) is 1.08. The number of rotatable bonds is 5. The van der Waals surface area contributed by atoms with Gasteiger partial charge in [-0.25, -0.2) is 0 Å². The fraction of sp³-hybridized carbons (Fsp3) is 0.300. The maximum absolute atomic E-state index is 8.66. The van der Waals surface area contributed by atoms with Gasteiger partial charge in [0.1, 0.15) is 0 Å². The highest BCUT2D eigenvalue weighted by Gasteiger charge is 2.05. The molecule has 0 saturated heterocycles. The number of thioether (sulfide) groups is 1. The zero-order chi connectivity index (χ0) is 12.0. The molecule has 0 aliphatic rings. The number of amidine groups is 1. The molecule has 0 atom stereocenters. The third kappa shape index (κ3) is 3.59. The van der Waals surface area contributed by atoms with Crippen molar-refractivity contribution in [3.63, 3.8) is 0 Å². The van der Waals surface area contributed by atoms with Crippen molar-refractivity contribution < 1.29 is 10.3 Å². The first-order valence-corrected chi connectivity index (χ1v) is 6.06. The lowest BCUT2D eigenvalue weighted by Gasteiger charge is -2.05. The van der Waals surface area contributed by atoms with Crippen LogP contribution in [0.15, 0.2) is 28.3 Å². The largest absolute Gasteiger partial charge is 0.409 e. The molecule has 0 unspecified atom stereocenters. The van der Waals surface area contributed by atoms with Crippen molar-refractivity contribution in [2.75, 3.05) is 12.4 Å². The summed E-state index contributed by atoms with van der Waals surface area (Å²) in [7, 11) is 0. The highest BCUT2D eigenvalue weighted by Crippen LogP contribution is 2.28. The summed E-state index contributed by atoms with van der Waals surface area (Å²) in [6, 6.07) is 5.21. The van der Waals surface area contributed by atoms with Gasteiger partial charge in [-0.15, -0.1) is 11.8 Å².